The fourth-order valence-corrected chi connectivity index (χ4v) is 2.79. The van der Waals surface area contributed by atoms with Gasteiger partial charge in [0.15, 0.2) is 0 Å². The summed E-state index contributed by atoms with van der Waals surface area (Å²) < 4.78 is 5.39. The monoisotopic (exact) mass is 299 g/mol. The van der Waals surface area contributed by atoms with E-state index in [2.05, 4.69) is 6.92 Å². The van der Waals surface area contributed by atoms with Crippen molar-refractivity contribution in [2.75, 3.05) is 7.11 Å². The van der Waals surface area contributed by atoms with Gasteiger partial charge in [0.25, 0.3) is 0 Å². The Labute approximate surface area is 132 Å². The van der Waals surface area contributed by atoms with Gasteiger partial charge in [-0.05, 0) is 42.0 Å². The molecule has 3 heteroatoms. The van der Waals surface area contributed by atoms with Crippen LogP contribution in [0.25, 0.3) is 0 Å². The van der Waals surface area contributed by atoms with Crippen LogP contribution >= 0.6 is 0 Å². The predicted octanol–water partition coefficient (Wildman–Crippen LogP) is 3.24. The van der Waals surface area contributed by atoms with Crippen molar-refractivity contribution in [1.29, 1.82) is 0 Å². The van der Waals surface area contributed by atoms with Crippen LogP contribution in [-0.4, -0.2) is 18.3 Å². The van der Waals surface area contributed by atoms with Crippen LogP contribution in [0.1, 0.15) is 29.7 Å². The molecule has 0 aliphatic rings. The molecule has 3 atom stereocenters. The molecule has 0 radical (unpaired) electrons. The third-order valence-corrected chi connectivity index (χ3v) is 4.26. The lowest BCUT2D eigenvalue weighted by molar-refractivity contribution is 0.121. The quantitative estimate of drug-likeness (QED) is 0.861. The summed E-state index contributed by atoms with van der Waals surface area (Å²) in [6.07, 6.45) is 0.111. The summed E-state index contributed by atoms with van der Waals surface area (Å²) in [5, 5.41) is 10.6. The first-order valence-electron chi connectivity index (χ1n) is 7.65. The lowest BCUT2D eigenvalue weighted by Gasteiger charge is -2.27. The lowest BCUT2D eigenvalue weighted by Crippen LogP contribution is -2.36. The molecule has 0 aliphatic carbocycles. The number of aliphatic hydroxyl groups excluding tert-OH is 1. The van der Waals surface area contributed by atoms with Gasteiger partial charge in [-0.25, -0.2) is 0 Å². The van der Waals surface area contributed by atoms with Crippen molar-refractivity contribution in [1.82, 2.24) is 0 Å². The first-order chi connectivity index (χ1) is 10.5. The second-order valence-electron chi connectivity index (χ2n) is 5.87. The van der Waals surface area contributed by atoms with E-state index in [9.17, 15) is 5.11 Å². The number of rotatable bonds is 6. The Morgan fingerprint density at radius 1 is 1.09 bits per heavy atom. The summed E-state index contributed by atoms with van der Waals surface area (Å²) >= 11 is 0. The summed E-state index contributed by atoms with van der Waals surface area (Å²) in [5.74, 6) is 0.998. The number of aryl methyl sites for hydroxylation is 1. The smallest absolute Gasteiger partial charge is 0.122 e. The molecule has 0 saturated heterocycles. The van der Waals surface area contributed by atoms with E-state index < -0.39 is 6.10 Å². The van der Waals surface area contributed by atoms with Gasteiger partial charge in [0, 0.05) is 6.04 Å². The molecule has 0 amide bonds. The van der Waals surface area contributed by atoms with Crippen molar-refractivity contribution < 1.29 is 9.84 Å². The molecular formula is C19H25NO2. The maximum Gasteiger partial charge on any atom is 0.122 e. The second kappa shape index (κ2) is 7.43. The molecule has 0 saturated carbocycles. The summed E-state index contributed by atoms with van der Waals surface area (Å²) in [5.41, 5.74) is 9.40. The van der Waals surface area contributed by atoms with Gasteiger partial charge >= 0.3 is 0 Å². The molecular weight excluding hydrogens is 274 g/mol. The van der Waals surface area contributed by atoms with E-state index in [0.717, 1.165) is 28.9 Å². The Balaban J connectivity index is 2.12. The molecule has 0 heterocycles. The Hall–Kier alpha value is -1.84. The first-order valence-corrected chi connectivity index (χ1v) is 7.65. The van der Waals surface area contributed by atoms with Crippen LogP contribution in [0.15, 0.2) is 48.5 Å². The molecule has 2 rings (SSSR count). The lowest BCUT2D eigenvalue weighted by atomic mass is 9.87. The third-order valence-electron chi connectivity index (χ3n) is 4.26. The van der Waals surface area contributed by atoms with Crippen molar-refractivity contribution >= 4 is 0 Å². The number of para-hydroxylation sites is 1. The number of hydrogen-bond donors (Lipinski definition) is 2. The summed E-state index contributed by atoms with van der Waals surface area (Å²) in [7, 11) is 1.67. The zero-order valence-corrected chi connectivity index (χ0v) is 13.5. The molecule has 3 unspecified atom stereocenters. The Morgan fingerprint density at radius 2 is 1.73 bits per heavy atom. The van der Waals surface area contributed by atoms with E-state index in [1.807, 2.05) is 55.5 Å². The van der Waals surface area contributed by atoms with Crippen LogP contribution in [0.4, 0.5) is 0 Å². The van der Waals surface area contributed by atoms with Crippen molar-refractivity contribution in [2.45, 2.75) is 32.4 Å². The van der Waals surface area contributed by atoms with Crippen molar-refractivity contribution in [3.05, 3.63) is 65.2 Å². The van der Waals surface area contributed by atoms with Crippen LogP contribution in [0.5, 0.6) is 5.75 Å². The highest BCUT2D eigenvalue weighted by molar-refractivity contribution is 5.34. The van der Waals surface area contributed by atoms with E-state index >= 15 is 0 Å². The van der Waals surface area contributed by atoms with Gasteiger partial charge in [-0.1, -0.05) is 49.4 Å². The highest BCUT2D eigenvalue weighted by Crippen LogP contribution is 2.27. The fraction of sp³-hybridized carbons (Fsp3) is 0.368. The number of methoxy groups -OCH3 is 1. The van der Waals surface area contributed by atoms with Crippen molar-refractivity contribution in [2.24, 2.45) is 11.7 Å². The Morgan fingerprint density at radius 3 is 2.41 bits per heavy atom. The van der Waals surface area contributed by atoms with Crippen LogP contribution in [0.2, 0.25) is 0 Å². The molecule has 118 valence electrons. The number of ether oxygens (including phenoxy) is 1. The first kappa shape index (κ1) is 16.5. The predicted molar refractivity (Wildman–Crippen MR) is 90.0 cm³/mol. The molecule has 0 aromatic heterocycles. The average Bonchev–Trinajstić information content (AvgIpc) is 2.54. The minimum Gasteiger partial charge on any atom is -0.496 e. The zero-order valence-electron chi connectivity index (χ0n) is 13.5. The number of aliphatic hydroxyl groups is 1. The molecule has 22 heavy (non-hydrogen) atoms. The van der Waals surface area contributed by atoms with Crippen molar-refractivity contribution in [3.63, 3.8) is 0 Å². The van der Waals surface area contributed by atoms with Gasteiger partial charge in [-0.2, -0.15) is 0 Å². The fourth-order valence-electron chi connectivity index (χ4n) is 2.79. The van der Waals surface area contributed by atoms with Crippen molar-refractivity contribution in [3.8, 4) is 5.75 Å². The van der Waals surface area contributed by atoms with E-state index in [4.69, 9.17) is 10.5 Å². The highest BCUT2D eigenvalue weighted by Gasteiger charge is 2.24. The molecule has 0 fully saturated rings. The topological polar surface area (TPSA) is 55.5 Å². The normalized spacial score (nSPS) is 15.1. The Bertz CT molecular complexity index is 612. The molecule has 2 aromatic carbocycles. The van der Waals surface area contributed by atoms with Crippen LogP contribution < -0.4 is 10.5 Å². The molecule has 0 bridgehead atoms. The number of nitrogens with two attached hydrogens (primary N) is 1. The molecule has 2 aromatic rings. The van der Waals surface area contributed by atoms with Gasteiger partial charge in [0.05, 0.1) is 13.2 Å². The standard InChI is InChI=1S/C19H25NO2/c1-13-8-4-6-10-16(13)19(21)18(20)14(2)12-15-9-5-7-11-17(15)22-3/h4-11,14,18-19,21H,12,20H2,1-3H3. The van der Waals surface area contributed by atoms with Gasteiger partial charge in [-0.15, -0.1) is 0 Å². The molecule has 0 aliphatic heterocycles. The Kier molecular flexibility index (Phi) is 5.58. The van der Waals surface area contributed by atoms with Crippen LogP contribution in [0.3, 0.4) is 0 Å². The van der Waals surface area contributed by atoms with Gasteiger partial charge in [-0.3, -0.25) is 0 Å². The highest BCUT2D eigenvalue weighted by atomic mass is 16.5. The van der Waals surface area contributed by atoms with E-state index in [1.54, 1.807) is 7.11 Å². The largest absolute Gasteiger partial charge is 0.496 e. The number of benzene rings is 2. The van der Waals surface area contributed by atoms with Gasteiger partial charge in [0.2, 0.25) is 0 Å². The van der Waals surface area contributed by atoms with Crippen LogP contribution in [0, 0.1) is 12.8 Å². The van der Waals surface area contributed by atoms with E-state index in [-0.39, 0.29) is 12.0 Å². The maximum atomic E-state index is 10.6. The van der Waals surface area contributed by atoms with Gasteiger partial charge < -0.3 is 15.6 Å². The summed E-state index contributed by atoms with van der Waals surface area (Å²) in [6.45, 7) is 4.06. The summed E-state index contributed by atoms with van der Waals surface area (Å²) in [4.78, 5) is 0. The summed E-state index contributed by atoms with van der Waals surface area (Å²) in [6, 6.07) is 15.5. The molecule has 0 spiro atoms. The molecule has 3 nitrogen and oxygen atoms in total. The maximum absolute atomic E-state index is 10.6. The average molecular weight is 299 g/mol. The molecule has 3 N–H and O–H groups in total. The third kappa shape index (κ3) is 3.67. The SMILES string of the molecule is COc1ccccc1CC(C)C(N)C(O)c1ccccc1C. The van der Waals surface area contributed by atoms with Gasteiger partial charge in [0.1, 0.15) is 5.75 Å². The van der Waals surface area contributed by atoms with E-state index in [0.29, 0.717) is 0 Å². The number of hydrogen-bond acceptors (Lipinski definition) is 3. The van der Waals surface area contributed by atoms with Crippen LogP contribution in [-0.2, 0) is 6.42 Å². The minimum absolute atomic E-state index is 0.130. The second-order valence-corrected chi connectivity index (χ2v) is 5.87. The minimum atomic E-state index is -0.661. The zero-order chi connectivity index (χ0) is 16.1. The van der Waals surface area contributed by atoms with E-state index in [1.165, 1.54) is 0 Å².